The number of aromatic hydroxyl groups is 1. The molecule has 1 aromatic heterocycles. The summed E-state index contributed by atoms with van der Waals surface area (Å²) in [4.78, 5) is 0. The molecule has 0 radical (unpaired) electrons. The first-order valence-corrected chi connectivity index (χ1v) is 4.32. The number of anilines is 2. The number of thiophene rings is 1. The Hall–Kier alpha value is -1.42. The molecule has 0 aliphatic carbocycles. The predicted molar refractivity (Wildman–Crippen MR) is 52.3 cm³/mol. The van der Waals surface area contributed by atoms with Crippen LogP contribution in [0, 0.1) is 0 Å². The summed E-state index contributed by atoms with van der Waals surface area (Å²) in [6, 6.07) is 3.23. The van der Waals surface area contributed by atoms with Crippen LogP contribution in [0.25, 0.3) is 10.1 Å². The van der Waals surface area contributed by atoms with Crippen molar-refractivity contribution in [3.8, 4) is 5.75 Å². The first-order chi connectivity index (χ1) is 5.70. The predicted octanol–water partition coefficient (Wildman–Crippen LogP) is 1.77. The summed E-state index contributed by atoms with van der Waals surface area (Å²) in [5.41, 5.74) is 12.6. The van der Waals surface area contributed by atoms with Crippen molar-refractivity contribution in [3.63, 3.8) is 0 Å². The van der Waals surface area contributed by atoms with Gasteiger partial charge in [-0.2, -0.15) is 0 Å². The van der Waals surface area contributed by atoms with Crippen LogP contribution in [-0.4, -0.2) is 5.11 Å². The lowest BCUT2D eigenvalue weighted by atomic mass is 10.2. The van der Waals surface area contributed by atoms with E-state index in [0.29, 0.717) is 11.4 Å². The van der Waals surface area contributed by atoms with Gasteiger partial charge >= 0.3 is 0 Å². The number of phenolic OH excluding ortho intramolecular Hbond substituents is 1. The van der Waals surface area contributed by atoms with Gasteiger partial charge in [0.2, 0.25) is 0 Å². The normalized spacial score (nSPS) is 10.7. The Labute approximate surface area is 73.2 Å². The molecule has 2 aromatic rings. The topological polar surface area (TPSA) is 72.3 Å². The maximum absolute atomic E-state index is 9.41. The molecule has 1 heterocycles. The quantitative estimate of drug-likeness (QED) is 0.427. The molecule has 4 heteroatoms. The van der Waals surface area contributed by atoms with Crippen LogP contribution in [0.4, 0.5) is 11.4 Å². The Morgan fingerprint density at radius 1 is 1.17 bits per heavy atom. The molecule has 12 heavy (non-hydrogen) atoms. The average molecular weight is 180 g/mol. The van der Waals surface area contributed by atoms with Crippen molar-refractivity contribution in [2.75, 3.05) is 11.5 Å². The Morgan fingerprint density at radius 3 is 2.58 bits per heavy atom. The number of hydrogen-bond acceptors (Lipinski definition) is 4. The van der Waals surface area contributed by atoms with Gasteiger partial charge in [-0.05, 0) is 12.1 Å². The molecule has 2 rings (SSSR count). The van der Waals surface area contributed by atoms with Gasteiger partial charge in [0.15, 0.2) is 0 Å². The van der Waals surface area contributed by atoms with Crippen molar-refractivity contribution in [1.82, 2.24) is 0 Å². The van der Waals surface area contributed by atoms with E-state index in [2.05, 4.69) is 0 Å². The van der Waals surface area contributed by atoms with E-state index in [-0.39, 0.29) is 5.75 Å². The summed E-state index contributed by atoms with van der Waals surface area (Å²) in [6.45, 7) is 0. The maximum Gasteiger partial charge on any atom is 0.133 e. The largest absolute Gasteiger partial charge is 0.506 e. The minimum Gasteiger partial charge on any atom is -0.506 e. The molecular weight excluding hydrogens is 172 g/mol. The molecule has 0 fully saturated rings. The molecular formula is C8H8N2OS. The molecule has 0 saturated heterocycles. The van der Waals surface area contributed by atoms with E-state index in [9.17, 15) is 5.11 Å². The van der Waals surface area contributed by atoms with Crippen LogP contribution in [-0.2, 0) is 0 Å². The molecule has 0 atom stereocenters. The Balaban J connectivity index is 2.98. The van der Waals surface area contributed by atoms with Gasteiger partial charge in [0, 0.05) is 16.5 Å². The molecule has 0 amide bonds. The van der Waals surface area contributed by atoms with Crippen molar-refractivity contribution in [3.05, 3.63) is 17.5 Å². The fourth-order valence-electron chi connectivity index (χ4n) is 1.19. The highest BCUT2D eigenvalue weighted by Crippen LogP contribution is 2.38. The lowest BCUT2D eigenvalue weighted by molar-refractivity contribution is 0.482. The minimum absolute atomic E-state index is 0.237. The van der Waals surface area contributed by atoms with Gasteiger partial charge < -0.3 is 16.6 Å². The summed E-state index contributed by atoms with van der Waals surface area (Å²) < 4.78 is 0.757. The molecule has 0 unspecified atom stereocenters. The highest BCUT2D eigenvalue weighted by Gasteiger charge is 2.07. The smallest absolute Gasteiger partial charge is 0.133 e. The van der Waals surface area contributed by atoms with Crippen LogP contribution in [0.15, 0.2) is 17.5 Å². The second kappa shape index (κ2) is 2.28. The van der Waals surface area contributed by atoms with Crippen molar-refractivity contribution in [1.29, 1.82) is 0 Å². The Bertz CT molecular complexity index is 436. The van der Waals surface area contributed by atoms with E-state index in [0.717, 1.165) is 10.1 Å². The molecule has 62 valence electrons. The summed E-state index contributed by atoms with van der Waals surface area (Å²) >= 11 is 1.40. The Kier molecular flexibility index (Phi) is 1.38. The van der Waals surface area contributed by atoms with Crippen LogP contribution < -0.4 is 11.5 Å². The zero-order chi connectivity index (χ0) is 8.72. The molecule has 1 aromatic carbocycles. The minimum atomic E-state index is 0.237. The van der Waals surface area contributed by atoms with Gasteiger partial charge in [-0.1, -0.05) is 0 Å². The molecule has 0 aliphatic heterocycles. The lowest BCUT2D eigenvalue weighted by Crippen LogP contribution is -1.88. The van der Waals surface area contributed by atoms with Gasteiger partial charge in [0.05, 0.1) is 10.4 Å². The van der Waals surface area contributed by atoms with E-state index in [1.165, 1.54) is 11.3 Å². The van der Waals surface area contributed by atoms with Crippen LogP contribution in [0.5, 0.6) is 5.75 Å². The van der Waals surface area contributed by atoms with Crippen LogP contribution in [0.1, 0.15) is 0 Å². The number of nitrogens with two attached hydrogens (primary N) is 2. The summed E-state index contributed by atoms with van der Waals surface area (Å²) in [5, 5.41) is 12.0. The lowest BCUT2D eigenvalue weighted by Gasteiger charge is -1.98. The zero-order valence-electron chi connectivity index (χ0n) is 6.24. The second-order valence-corrected chi connectivity index (χ2v) is 3.45. The van der Waals surface area contributed by atoms with Gasteiger partial charge in [-0.25, -0.2) is 0 Å². The van der Waals surface area contributed by atoms with E-state index in [1.54, 1.807) is 17.5 Å². The second-order valence-electron chi connectivity index (χ2n) is 2.57. The van der Waals surface area contributed by atoms with Crippen LogP contribution in [0.3, 0.4) is 0 Å². The van der Waals surface area contributed by atoms with Gasteiger partial charge in [-0.3, -0.25) is 0 Å². The van der Waals surface area contributed by atoms with Crippen molar-refractivity contribution < 1.29 is 5.11 Å². The summed E-state index contributed by atoms with van der Waals surface area (Å²) in [7, 11) is 0. The number of phenols is 1. The van der Waals surface area contributed by atoms with Crippen LogP contribution >= 0.6 is 11.3 Å². The third-order valence-corrected chi connectivity index (χ3v) is 2.78. The van der Waals surface area contributed by atoms with Gasteiger partial charge in [0.1, 0.15) is 5.75 Å². The number of nitrogen functional groups attached to an aromatic ring is 2. The maximum atomic E-state index is 9.41. The number of fused-ring (bicyclic) bond motifs is 1. The fraction of sp³-hybridized carbons (Fsp3) is 0. The van der Waals surface area contributed by atoms with E-state index in [1.807, 2.05) is 0 Å². The molecule has 0 aliphatic rings. The highest BCUT2D eigenvalue weighted by atomic mass is 32.1. The first-order valence-electron chi connectivity index (χ1n) is 3.44. The average Bonchev–Trinajstić information content (AvgIpc) is 2.42. The summed E-state index contributed by atoms with van der Waals surface area (Å²) in [5.74, 6) is 0.237. The van der Waals surface area contributed by atoms with E-state index < -0.39 is 0 Å². The zero-order valence-corrected chi connectivity index (χ0v) is 7.06. The fourth-order valence-corrected chi connectivity index (χ4v) is 2.09. The highest BCUT2D eigenvalue weighted by molar-refractivity contribution is 7.18. The third kappa shape index (κ3) is 0.816. The van der Waals surface area contributed by atoms with Crippen molar-refractivity contribution in [2.45, 2.75) is 0 Å². The monoisotopic (exact) mass is 180 g/mol. The SMILES string of the molecule is Nc1ccc(O)c2scc(N)c12. The number of benzene rings is 1. The molecule has 0 bridgehead atoms. The number of rotatable bonds is 0. The Morgan fingerprint density at radius 2 is 1.92 bits per heavy atom. The first kappa shape index (κ1) is 7.24. The van der Waals surface area contributed by atoms with Crippen molar-refractivity contribution >= 4 is 32.8 Å². The molecule has 0 saturated carbocycles. The van der Waals surface area contributed by atoms with Gasteiger partial charge in [0.25, 0.3) is 0 Å². The van der Waals surface area contributed by atoms with E-state index >= 15 is 0 Å². The van der Waals surface area contributed by atoms with Crippen LogP contribution in [0.2, 0.25) is 0 Å². The number of hydrogen-bond donors (Lipinski definition) is 3. The summed E-state index contributed by atoms with van der Waals surface area (Å²) in [6.07, 6.45) is 0. The molecule has 0 spiro atoms. The van der Waals surface area contributed by atoms with Gasteiger partial charge in [-0.15, -0.1) is 11.3 Å². The van der Waals surface area contributed by atoms with Crippen molar-refractivity contribution in [2.24, 2.45) is 0 Å². The van der Waals surface area contributed by atoms with E-state index in [4.69, 9.17) is 11.5 Å². The molecule has 5 N–H and O–H groups in total. The standard InChI is InChI=1S/C8H8N2OS/c9-4-1-2-6(11)8-7(4)5(10)3-12-8/h1-3,11H,9-10H2. The molecule has 3 nitrogen and oxygen atoms in total. The third-order valence-electron chi connectivity index (χ3n) is 1.76.